The molecule has 0 fully saturated rings. The molecule has 246 valence electrons. The zero-order valence-electron chi connectivity index (χ0n) is 28.5. The number of hydrogen-bond acceptors (Lipinski definition) is 1. The van der Waals surface area contributed by atoms with Crippen LogP contribution in [0.3, 0.4) is 0 Å². The number of halogens is 1. The van der Waals surface area contributed by atoms with Gasteiger partial charge in [0.15, 0.2) is 0 Å². The van der Waals surface area contributed by atoms with Crippen LogP contribution in [0.5, 0.6) is 0 Å². The van der Waals surface area contributed by atoms with Crippen LogP contribution in [-0.4, -0.2) is 0 Å². The summed E-state index contributed by atoms with van der Waals surface area (Å²) < 4.78 is 14.2. The van der Waals surface area contributed by atoms with Crippen LogP contribution >= 0.6 is 0 Å². The van der Waals surface area contributed by atoms with E-state index in [-0.39, 0.29) is 5.82 Å². The predicted molar refractivity (Wildman–Crippen MR) is 218 cm³/mol. The van der Waals surface area contributed by atoms with E-state index in [1.165, 1.54) is 61.5 Å². The Morgan fingerprint density at radius 1 is 0.308 bits per heavy atom. The number of anilines is 3. The molecule has 0 heterocycles. The number of nitrogens with zero attached hydrogens (tertiary/aromatic N) is 1. The maximum atomic E-state index is 14.2. The van der Waals surface area contributed by atoms with E-state index in [0.29, 0.717) is 0 Å². The maximum Gasteiger partial charge on any atom is 0.123 e. The SMILES string of the molecule is Fc1ccc(N(c2ccc(-c3ccc4cccc(-c5ccccc5)c4c3)cc2)c2ccc(-c3ccc4ccccc4c3-c3ccccc3)cc2)cc1. The molecule has 0 aliphatic rings. The second kappa shape index (κ2) is 13.5. The Balaban J connectivity index is 1.10. The van der Waals surface area contributed by atoms with Crippen molar-refractivity contribution in [1.29, 1.82) is 0 Å². The Morgan fingerprint density at radius 2 is 0.808 bits per heavy atom. The highest BCUT2D eigenvalue weighted by Gasteiger charge is 2.16. The molecule has 0 saturated heterocycles. The lowest BCUT2D eigenvalue weighted by atomic mass is 9.90. The first-order chi connectivity index (χ1) is 25.7. The Bertz CT molecular complexity index is 2650. The average Bonchev–Trinajstić information content (AvgIpc) is 3.22. The van der Waals surface area contributed by atoms with Gasteiger partial charge < -0.3 is 4.90 Å². The zero-order chi connectivity index (χ0) is 34.9. The lowest BCUT2D eigenvalue weighted by Gasteiger charge is -2.26. The van der Waals surface area contributed by atoms with E-state index >= 15 is 0 Å². The Labute approximate surface area is 303 Å². The number of rotatable bonds is 7. The summed E-state index contributed by atoms with van der Waals surface area (Å²) in [7, 11) is 0. The first kappa shape index (κ1) is 31.2. The summed E-state index contributed by atoms with van der Waals surface area (Å²) in [6.07, 6.45) is 0. The van der Waals surface area contributed by atoms with Gasteiger partial charge in [-0.15, -0.1) is 0 Å². The summed E-state index contributed by atoms with van der Waals surface area (Å²) in [6.45, 7) is 0. The van der Waals surface area contributed by atoms with Crippen molar-refractivity contribution in [2.45, 2.75) is 0 Å². The fourth-order valence-electron chi connectivity index (χ4n) is 7.38. The minimum absolute atomic E-state index is 0.259. The largest absolute Gasteiger partial charge is 0.311 e. The first-order valence-electron chi connectivity index (χ1n) is 17.6. The smallest absolute Gasteiger partial charge is 0.123 e. The molecule has 0 aliphatic heterocycles. The third-order valence-corrected chi connectivity index (χ3v) is 9.94. The molecule has 52 heavy (non-hydrogen) atoms. The normalized spacial score (nSPS) is 11.2. The van der Waals surface area contributed by atoms with E-state index < -0.39 is 0 Å². The van der Waals surface area contributed by atoms with Gasteiger partial charge in [-0.05, 0) is 121 Å². The molecule has 0 bridgehead atoms. The van der Waals surface area contributed by atoms with Crippen LogP contribution in [0.25, 0.3) is 66.1 Å². The van der Waals surface area contributed by atoms with E-state index in [1.54, 1.807) is 0 Å². The minimum atomic E-state index is -0.259. The van der Waals surface area contributed by atoms with Crippen molar-refractivity contribution in [3.05, 3.63) is 212 Å². The van der Waals surface area contributed by atoms with Gasteiger partial charge in [-0.3, -0.25) is 0 Å². The van der Waals surface area contributed by atoms with Gasteiger partial charge in [0.05, 0.1) is 0 Å². The molecule has 0 amide bonds. The second-order valence-electron chi connectivity index (χ2n) is 13.1. The molecule has 0 saturated carbocycles. The van der Waals surface area contributed by atoms with Crippen LogP contribution in [0.1, 0.15) is 0 Å². The van der Waals surface area contributed by atoms with Crippen molar-refractivity contribution in [3.8, 4) is 44.5 Å². The van der Waals surface area contributed by atoms with Crippen LogP contribution in [0.2, 0.25) is 0 Å². The van der Waals surface area contributed by atoms with E-state index in [0.717, 1.165) is 33.8 Å². The molecule has 0 unspecified atom stereocenters. The molecular weight excluding hydrogens is 634 g/mol. The fourth-order valence-corrected chi connectivity index (χ4v) is 7.38. The molecule has 0 spiro atoms. The zero-order valence-corrected chi connectivity index (χ0v) is 28.5. The van der Waals surface area contributed by atoms with Gasteiger partial charge in [0, 0.05) is 17.1 Å². The standard InChI is InChI=1S/C50H34FN/c51-42-25-31-45(32-26-42)52(43-27-20-35(21-28-43)41-19-18-38-15-9-17-46(49(38)34-41)36-10-3-1-4-11-36)44-29-22-39(23-30-44)48-33-24-37-12-7-8-16-47(37)50(48)40-13-5-2-6-14-40/h1-34H. The Hall–Kier alpha value is -6.77. The van der Waals surface area contributed by atoms with E-state index in [2.05, 4.69) is 187 Å². The number of fused-ring (bicyclic) bond motifs is 2. The highest BCUT2D eigenvalue weighted by atomic mass is 19.1. The van der Waals surface area contributed by atoms with Crippen molar-refractivity contribution in [2.24, 2.45) is 0 Å². The summed E-state index contributed by atoms with van der Waals surface area (Å²) in [5.74, 6) is -0.259. The minimum Gasteiger partial charge on any atom is -0.311 e. The summed E-state index contributed by atoms with van der Waals surface area (Å²) in [5.41, 5.74) is 12.3. The molecular formula is C50H34FN. The molecule has 9 aromatic rings. The Kier molecular flexibility index (Phi) is 8.11. The van der Waals surface area contributed by atoms with Gasteiger partial charge in [0.2, 0.25) is 0 Å². The third-order valence-electron chi connectivity index (χ3n) is 9.94. The third kappa shape index (κ3) is 5.91. The summed E-state index contributed by atoms with van der Waals surface area (Å²) >= 11 is 0. The number of hydrogen-bond donors (Lipinski definition) is 0. The van der Waals surface area contributed by atoms with Crippen LogP contribution in [0.4, 0.5) is 21.5 Å². The van der Waals surface area contributed by atoms with E-state index in [4.69, 9.17) is 0 Å². The van der Waals surface area contributed by atoms with Gasteiger partial charge in [-0.2, -0.15) is 0 Å². The highest BCUT2D eigenvalue weighted by Crippen LogP contribution is 2.41. The van der Waals surface area contributed by atoms with Gasteiger partial charge >= 0.3 is 0 Å². The highest BCUT2D eigenvalue weighted by molar-refractivity contribution is 6.04. The van der Waals surface area contributed by atoms with Crippen LogP contribution < -0.4 is 4.90 Å². The van der Waals surface area contributed by atoms with Gasteiger partial charge in [-0.25, -0.2) is 4.39 Å². The van der Waals surface area contributed by atoms with Gasteiger partial charge in [0.1, 0.15) is 5.82 Å². The molecule has 9 rings (SSSR count). The lowest BCUT2D eigenvalue weighted by molar-refractivity contribution is 0.628. The van der Waals surface area contributed by atoms with Gasteiger partial charge in [-0.1, -0.05) is 152 Å². The van der Waals surface area contributed by atoms with E-state index in [9.17, 15) is 4.39 Å². The molecule has 0 N–H and O–H groups in total. The van der Waals surface area contributed by atoms with Gasteiger partial charge in [0.25, 0.3) is 0 Å². The lowest BCUT2D eigenvalue weighted by Crippen LogP contribution is -2.09. The van der Waals surface area contributed by atoms with Crippen LogP contribution in [0, 0.1) is 5.82 Å². The Morgan fingerprint density at radius 3 is 1.50 bits per heavy atom. The monoisotopic (exact) mass is 667 g/mol. The fraction of sp³-hybridized carbons (Fsp3) is 0. The van der Waals surface area contributed by atoms with Crippen molar-refractivity contribution in [3.63, 3.8) is 0 Å². The van der Waals surface area contributed by atoms with E-state index in [1.807, 2.05) is 12.1 Å². The van der Waals surface area contributed by atoms with Crippen molar-refractivity contribution in [2.75, 3.05) is 4.90 Å². The quantitative estimate of drug-likeness (QED) is 0.163. The predicted octanol–water partition coefficient (Wildman–Crippen LogP) is 14.3. The molecule has 0 radical (unpaired) electrons. The topological polar surface area (TPSA) is 3.24 Å². The number of benzene rings is 9. The molecule has 9 aromatic carbocycles. The summed E-state index contributed by atoms with van der Waals surface area (Å²) in [6, 6.07) is 71.4. The molecule has 2 heteroatoms. The summed E-state index contributed by atoms with van der Waals surface area (Å²) in [5, 5.41) is 4.89. The summed E-state index contributed by atoms with van der Waals surface area (Å²) in [4.78, 5) is 2.18. The molecule has 0 atom stereocenters. The van der Waals surface area contributed by atoms with Crippen molar-refractivity contribution >= 4 is 38.6 Å². The molecule has 0 aromatic heterocycles. The van der Waals surface area contributed by atoms with Crippen molar-refractivity contribution in [1.82, 2.24) is 0 Å². The molecule has 0 aliphatic carbocycles. The first-order valence-corrected chi connectivity index (χ1v) is 17.6. The van der Waals surface area contributed by atoms with Crippen LogP contribution in [-0.2, 0) is 0 Å². The maximum absolute atomic E-state index is 14.2. The van der Waals surface area contributed by atoms with Crippen LogP contribution in [0.15, 0.2) is 206 Å². The molecule has 1 nitrogen and oxygen atoms in total. The average molecular weight is 668 g/mol. The van der Waals surface area contributed by atoms with Crippen molar-refractivity contribution < 1.29 is 4.39 Å². The second-order valence-corrected chi connectivity index (χ2v) is 13.1.